The van der Waals surface area contributed by atoms with E-state index >= 15 is 0 Å². The highest BCUT2D eigenvalue weighted by Gasteiger charge is 2.26. The average molecular weight is 296 g/mol. The summed E-state index contributed by atoms with van der Waals surface area (Å²) < 4.78 is 0. The molecule has 0 aliphatic carbocycles. The molecule has 2 rings (SSSR count). The Hall–Kier alpha value is -1.46. The highest BCUT2D eigenvalue weighted by Crippen LogP contribution is 2.12. The summed E-state index contributed by atoms with van der Waals surface area (Å²) >= 11 is 0. The Balaban J connectivity index is 1.81. The van der Waals surface area contributed by atoms with E-state index < -0.39 is 0 Å². The zero-order valence-corrected chi connectivity index (χ0v) is 13.3. The van der Waals surface area contributed by atoms with Gasteiger partial charge in [-0.15, -0.1) is 0 Å². The molecule has 4 amide bonds. The van der Waals surface area contributed by atoms with E-state index in [1.807, 2.05) is 14.7 Å². The second-order valence-corrected chi connectivity index (χ2v) is 6.38. The van der Waals surface area contributed by atoms with Crippen molar-refractivity contribution in [2.45, 2.75) is 33.1 Å². The van der Waals surface area contributed by atoms with Crippen molar-refractivity contribution in [1.82, 2.24) is 20.0 Å². The standard InChI is InChI=1S/C15H28N4O2/c1-13(2)12-16-14(20)17-8-5-9-19(11-10-17)15(21)18-6-3-4-7-18/h13H,3-12H2,1-2H3,(H,16,20). The molecule has 0 aromatic heterocycles. The average Bonchev–Trinajstić information content (AvgIpc) is 2.88. The predicted octanol–water partition coefficient (Wildman–Crippen LogP) is 1.58. The smallest absolute Gasteiger partial charge is 0.320 e. The monoisotopic (exact) mass is 296 g/mol. The maximum Gasteiger partial charge on any atom is 0.320 e. The number of carbonyl (C=O) groups excluding carboxylic acids is 2. The molecule has 2 saturated heterocycles. The zero-order valence-electron chi connectivity index (χ0n) is 13.3. The van der Waals surface area contributed by atoms with Crippen LogP contribution in [0, 0.1) is 5.92 Å². The van der Waals surface area contributed by atoms with E-state index in [1.165, 1.54) is 0 Å². The lowest BCUT2D eigenvalue weighted by Gasteiger charge is -2.27. The van der Waals surface area contributed by atoms with Crippen LogP contribution in [0.15, 0.2) is 0 Å². The molecule has 21 heavy (non-hydrogen) atoms. The van der Waals surface area contributed by atoms with Gasteiger partial charge < -0.3 is 20.0 Å². The van der Waals surface area contributed by atoms with Gasteiger partial charge in [0.25, 0.3) is 0 Å². The van der Waals surface area contributed by atoms with Crippen molar-refractivity contribution in [2.24, 2.45) is 5.92 Å². The largest absolute Gasteiger partial charge is 0.338 e. The van der Waals surface area contributed by atoms with Gasteiger partial charge in [0.2, 0.25) is 0 Å². The summed E-state index contributed by atoms with van der Waals surface area (Å²) in [6.45, 7) is 9.39. The topological polar surface area (TPSA) is 55.9 Å². The fourth-order valence-electron chi connectivity index (χ4n) is 2.82. The molecule has 1 N–H and O–H groups in total. The van der Waals surface area contributed by atoms with Gasteiger partial charge in [-0.3, -0.25) is 0 Å². The lowest BCUT2D eigenvalue weighted by molar-refractivity contribution is 0.163. The van der Waals surface area contributed by atoms with Crippen LogP contribution in [0.25, 0.3) is 0 Å². The van der Waals surface area contributed by atoms with Crippen LogP contribution >= 0.6 is 0 Å². The lowest BCUT2D eigenvalue weighted by atomic mass is 10.2. The summed E-state index contributed by atoms with van der Waals surface area (Å²) in [5.74, 6) is 0.453. The van der Waals surface area contributed by atoms with E-state index in [4.69, 9.17) is 0 Å². The Morgan fingerprint density at radius 1 is 0.857 bits per heavy atom. The van der Waals surface area contributed by atoms with Crippen LogP contribution in [0.1, 0.15) is 33.1 Å². The number of hydrogen-bond donors (Lipinski definition) is 1. The molecule has 0 aromatic carbocycles. The van der Waals surface area contributed by atoms with Crippen molar-refractivity contribution >= 4 is 12.1 Å². The molecule has 0 radical (unpaired) electrons. The normalized spacial score (nSPS) is 19.9. The lowest BCUT2D eigenvalue weighted by Crippen LogP contribution is -2.45. The van der Waals surface area contributed by atoms with Crippen molar-refractivity contribution in [2.75, 3.05) is 45.8 Å². The number of amides is 4. The molecular weight excluding hydrogens is 268 g/mol. The molecule has 0 atom stereocenters. The summed E-state index contributed by atoms with van der Waals surface area (Å²) in [6, 6.07) is 0.149. The Bertz CT molecular complexity index is 367. The van der Waals surface area contributed by atoms with Gasteiger partial charge in [0.15, 0.2) is 0 Å². The predicted molar refractivity (Wildman–Crippen MR) is 82.2 cm³/mol. The van der Waals surface area contributed by atoms with Gasteiger partial charge in [0.05, 0.1) is 0 Å². The molecule has 6 heteroatoms. The third kappa shape index (κ3) is 4.51. The molecule has 2 aliphatic heterocycles. The van der Waals surface area contributed by atoms with Crippen LogP contribution in [0.4, 0.5) is 9.59 Å². The summed E-state index contributed by atoms with van der Waals surface area (Å²) in [5.41, 5.74) is 0. The number of nitrogens with one attached hydrogen (secondary N) is 1. The van der Waals surface area contributed by atoms with Crippen LogP contribution in [0.3, 0.4) is 0 Å². The highest BCUT2D eigenvalue weighted by molar-refractivity contribution is 5.76. The third-order valence-electron chi connectivity index (χ3n) is 4.09. The molecule has 0 spiro atoms. The van der Waals surface area contributed by atoms with Gasteiger partial charge in [-0.1, -0.05) is 13.8 Å². The Kier molecular flexibility index (Phi) is 5.70. The van der Waals surface area contributed by atoms with Crippen molar-refractivity contribution in [3.05, 3.63) is 0 Å². The van der Waals surface area contributed by atoms with Gasteiger partial charge in [-0.05, 0) is 25.2 Å². The summed E-state index contributed by atoms with van der Waals surface area (Å²) in [7, 11) is 0. The molecule has 2 heterocycles. The first-order chi connectivity index (χ1) is 10.1. The fraction of sp³-hybridized carbons (Fsp3) is 0.867. The minimum Gasteiger partial charge on any atom is -0.338 e. The summed E-state index contributed by atoms with van der Waals surface area (Å²) in [4.78, 5) is 30.1. The molecule has 120 valence electrons. The van der Waals surface area contributed by atoms with Crippen LogP contribution < -0.4 is 5.32 Å². The molecular formula is C15H28N4O2. The SMILES string of the molecule is CC(C)CNC(=O)N1CCCN(C(=O)N2CCCC2)CC1. The number of nitrogens with zero attached hydrogens (tertiary/aromatic N) is 3. The Morgan fingerprint density at radius 3 is 2.05 bits per heavy atom. The van der Waals surface area contributed by atoms with Crippen LogP contribution in [-0.4, -0.2) is 72.6 Å². The molecule has 6 nitrogen and oxygen atoms in total. The first-order valence-electron chi connectivity index (χ1n) is 8.14. The molecule has 0 bridgehead atoms. The van der Waals surface area contributed by atoms with Crippen LogP contribution in [0.2, 0.25) is 0 Å². The minimum absolute atomic E-state index is 0.000767. The van der Waals surface area contributed by atoms with Crippen molar-refractivity contribution in [3.8, 4) is 0 Å². The fourth-order valence-corrected chi connectivity index (χ4v) is 2.82. The molecule has 0 unspecified atom stereocenters. The van der Waals surface area contributed by atoms with E-state index in [-0.39, 0.29) is 12.1 Å². The Labute approximate surface area is 127 Å². The van der Waals surface area contributed by atoms with E-state index in [9.17, 15) is 9.59 Å². The van der Waals surface area contributed by atoms with Gasteiger partial charge in [-0.25, -0.2) is 9.59 Å². The first-order valence-corrected chi connectivity index (χ1v) is 8.14. The first kappa shape index (κ1) is 15.9. The van der Waals surface area contributed by atoms with Crippen LogP contribution in [0.5, 0.6) is 0 Å². The van der Waals surface area contributed by atoms with Crippen LogP contribution in [-0.2, 0) is 0 Å². The summed E-state index contributed by atoms with van der Waals surface area (Å²) in [5, 5.41) is 2.95. The van der Waals surface area contributed by atoms with Gasteiger partial charge in [0.1, 0.15) is 0 Å². The number of rotatable bonds is 2. The van der Waals surface area contributed by atoms with Crippen molar-refractivity contribution < 1.29 is 9.59 Å². The third-order valence-corrected chi connectivity index (χ3v) is 4.09. The number of hydrogen-bond acceptors (Lipinski definition) is 2. The van der Waals surface area contributed by atoms with Gasteiger partial charge in [0, 0.05) is 45.8 Å². The van der Waals surface area contributed by atoms with Gasteiger partial charge in [-0.2, -0.15) is 0 Å². The molecule has 2 aliphatic rings. The molecule has 0 aromatic rings. The second kappa shape index (κ2) is 7.52. The maximum atomic E-state index is 12.4. The molecule has 0 saturated carbocycles. The number of carbonyl (C=O) groups is 2. The molecule has 2 fully saturated rings. The van der Waals surface area contributed by atoms with Gasteiger partial charge >= 0.3 is 12.1 Å². The van der Waals surface area contributed by atoms with Crippen molar-refractivity contribution in [3.63, 3.8) is 0 Å². The van der Waals surface area contributed by atoms with E-state index in [2.05, 4.69) is 19.2 Å². The number of urea groups is 2. The minimum atomic E-state index is -0.000767. The highest BCUT2D eigenvalue weighted by atomic mass is 16.2. The quantitative estimate of drug-likeness (QED) is 0.841. The van der Waals surface area contributed by atoms with E-state index in [0.717, 1.165) is 45.4 Å². The second-order valence-electron chi connectivity index (χ2n) is 6.38. The van der Waals surface area contributed by atoms with E-state index in [0.29, 0.717) is 25.6 Å². The number of likely N-dealkylation sites (tertiary alicyclic amines) is 1. The van der Waals surface area contributed by atoms with Crippen molar-refractivity contribution in [1.29, 1.82) is 0 Å². The maximum absolute atomic E-state index is 12.4. The Morgan fingerprint density at radius 2 is 1.38 bits per heavy atom. The van der Waals surface area contributed by atoms with E-state index in [1.54, 1.807) is 0 Å². The zero-order chi connectivity index (χ0) is 15.2. The summed E-state index contributed by atoms with van der Waals surface area (Å²) in [6.07, 6.45) is 3.08.